The van der Waals surface area contributed by atoms with Crippen molar-refractivity contribution in [3.63, 3.8) is 0 Å². The largest absolute Gasteiger partial charge is 0.493 e. The van der Waals surface area contributed by atoms with Gasteiger partial charge in [0, 0.05) is 5.56 Å². The van der Waals surface area contributed by atoms with E-state index in [1.165, 1.54) is 0 Å². The first-order valence-corrected chi connectivity index (χ1v) is 5.72. The third-order valence-electron chi connectivity index (χ3n) is 2.75. The van der Waals surface area contributed by atoms with Crippen LogP contribution in [0.3, 0.4) is 0 Å². The van der Waals surface area contributed by atoms with Crippen LogP contribution in [0.25, 0.3) is 6.08 Å². The number of methoxy groups -OCH3 is 1. The summed E-state index contributed by atoms with van der Waals surface area (Å²) in [5.74, 6) is 0.373. The maximum atomic E-state index is 10.7. The van der Waals surface area contributed by atoms with Crippen LogP contribution < -0.4 is 9.47 Å². The highest BCUT2D eigenvalue weighted by Crippen LogP contribution is 2.39. The van der Waals surface area contributed by atoms with Crippen LogP contribution in [0.1, 0.15) is 25.0 Å². The first kappa shape index (κ1) is 12.5. The Morgan fingerprint density at radius 1 is 1.44 bits per heavy atom. The summed E-state index contributed by atoms with van der Waals surface area (Å²) in [4.78, 5) is 10.7. The van der Waals surface area contributed by atoms with Crippen LogP contribution in [-0.2, 0) is 11.2 Å². The molecule has 0 saturated carbocycles. The van der Waals surface area contributed by atoms with Gasteiger partial charge < -0.3 is 14.6 Å². The van der Waals surface area contributed by atoms with E-state index in [9.17, 15) is 4.79 Å². The highest BCUT2D eigenvalue weighted by molar-refractivity contribution is 5.73. The lowest BCUT2D eigenvalue weighted by Gasteiger charge is -2.29. The number of rotatable bonds is 3. The Kier molecular flexibility index (Phi) is 3.03. The van der Waals surface area contributed by atoms with Gasteiger partial charge in [-0.1, -0.05) is 6.08 Å². The minimum absolute atomic E-state index is 0.0269. The molecule has 0 saturated heterocycles. The van der Waals surface area contributed by atoms with Gasteiger partial charge >= 0.3 is 5.97 Å². The maximum absolute atomic E-state index is 10.7. The molecule has 18 heavy (non-hydrogen) atoms. The summed E-state index contributed by atoms with van der Waals surface area (Å²) in [6.45, 7) is 3.91. The van der Waals surface area contributed by atoms with Crippen molar-refractivity contribution in [2.75, 3.05) is 7.11 Å². The van der Waals surface area contributed by atoms with Crippen molar-refractivity contribution in [3.05, 3.63) is 29.3 Å². The molecule has 96 valence electrons. The molecule has 0 atom stereocenters. The van der Waals surface area contributed by atoms with Crippen molar-refractivity contribution < 1.29 is 19.4 Å². The lowest BCUT2D eigenvalue weighted by atomic mass is 9.99. The minimum atomic E-state index is -0.863. The average Bonchev–Trinajstić information content (AvgIpc) is 2.27. The molecule has 0 radical (unpaired) electrons. The molecule has 0 aliphatic carbocycles. The van der Waals surface area contributed by atoms with Crippen LogP contribution in [0.2, 0.25) is 0 Å². The maximum Gasteiger partial charge on any atom is 0.307 e. The van der Waals surface area contributed by atoms with Gasteiger partial charge in [0.1, 0.15) is 5.60 Å². The molecule has 1 aromatic rings. The number of benzene rings is 1. The van der Waals surface area contributed by atoms with Crippen molar-refractivity contribution >= 4 is 12.0 Å². The molecule has 0 fully saturated rings. The third kappa shape index (κ3) is 2.47. The standard InChI is InChI=1S/C14H16O4/c1-14(2)5-4-10-6-9(8-12(15)16)7-11(17-3)13(10)18-14/h4-7H,8H2,1-3H3,(H,15,16). The summed E-state index contributed by atoms with van der Waals surface area (Å²) in [6, 6.07) is 3.53. The molecule has 0 aromatic heterocycles. The predicted molar refractivity (Wildman–Crippen MR) is 68.1 cm³/mol. The highest BCUT2D eigenvalue weighted by atomic mass is 16.5. The molecule has 1 aliphatic heterocycles. The van der Waals surface area contributed by atoms with Gasteiger partial charge in [0.25, 0.3) is 0 Å². The summed E-state index contributed by atoms with van der Waals surface area (Å²) in [6.07, 6.45) is 3.85. The number of carbonyl (C=O) groups is 1. The smallest absolute Gasteiger partial charge is 0.307 e. The Hall–Kier alpha value is -1.97. The van der Waals surface area contributed by atoms with Gasteiger partial charge in [0.15, 0.2) is 11.5 Å². The van der Waals surface area contributed by atoms with Crippen molar-refractivity contribution in [1.29, 1.82) is 0 Å². The summed E-state index contributed by atoms with van der Waals surface area (Å²) in [5, 5.41) is 8.83. The van der Waals surface area contributed by atoms with Gasteiger partial charge in [-0.3, -0.25) is 4.79 Å². The molecule has 0 spiro atoms. The van der Waals surface area contributed by atoms with Crippen molar-refractivity contribution in [2.24, 2.45) is 0 Å². The van der Waals surface area contributed by atoms with E-state index >= 15 is 0 Å². The monoisotopic (exact) mass is 248 g/mol. The van der Waals surface area contributed by atoms with Crippen LogP contribution in [0.4, 0.5) is 0 Å². The van der Waals surface area contributed by atoms with Crippen molar-refractivity contribution in [3.8, 4) is 11.5 Å². The summed E-state index contributed by atoms with van der Waals surface area (Å²) < 4.78 is 11.1. The lowest BCUT2D eigenvalue weighted by molar-refractivity contribution is -0.136. The fourth-order valence-electron chi connectivity index (χ4n) is 1.93. The zero-order chi connectivity index (χ0) is 13.3. The lowest BCUT2D eigenvalue weighted by Crippen LogP contribution is -2.27. The molecular weight excluding hydrogens is 232 g/mol. The molecule has 1 aromatic carbocycles. The summed E-state index contributed by atoms with van der Waals surface area (Å²) in [5.41, 5.74) is 1.17. The van der Waals surface area contributed by atoms with Gasteiger partial charge in [-0.2, -0.15) is 0 Å². The molecule has 1 heterocycles. The third-order valence-corrected chi connectivity index (χ3v) is 2.75. The second kappa shape index (κ2) is 4.37. The molecule has 0 amide bonds. The number of carboxylic acid groups (broad SMARTS) is 1. The Bertz CT molecular complexity index is 515. The molecular formula is C14H16O4. The van der Waals surface area contributed by atoms with Crippen LogP contribution >= 0.6 is 0 Å². The fourth-order valence-corrected chi connectivity index (χ4v) is 1.93. The van der Waals surface area contributed by atoms with E-state index in [2.05, 4.69) is 0 Å². The number of carboxylic acids is 1. The first-order chi connectivity index (χ1) is 8.41. The Labute approximate surface area is 106 Å². The molecule has 4 heteroatoms. The SMILES string of the molecule is COc1cc(CC(=O)O)cc2c1OC(C)(C)C=C2. The van der Waals surface area contributed by atoms with Crippen LogP contribution in [0.5, 0.6) is 11.5 Å². The minimum Gasteiger partial charge on any atom is -0.493 e. The Morgan fingerprint density at radius 3 is 2.78 bits per heavy atom. The van der Waals surface area contributed by atoms with Gasteiger partial charge in [0.2, 0.25) is 0 Å². The molecule has 0 unspecified atom stereocenters. The first-order valence-electron chi connectivity index (χ1n) is 5.72. The molecule has 0 bridgehead atoms. The number of aliphatic carboxylic acids is 1. The van der Waals surface area contributed by atoms with E-state index in [0.29, 0.717) is 17.1 Å². The van der Waals surface area contributed by atoms with E-state index in [1.807, 2.05) is 32.1 Å². The van der Waals surface area contributed by atoms with Crippen LogP contribution in [0.15, 0.2) is 18.2 Å². The van der Waals surface area contributed by atoms with Crippen LogP contribution in [-0.4, -0.2) is 23.8 Å². The van der Waals surface area contributed by atoms with Gasteiger partial charge in [-0.15, -0.1) is 0 Å². The van der Waals surface area contributed by atoms with E-state index in [-0.39, 0.29) is 12.0 Å². The fraction of sp³-hybridized carbons (Fsp3) is 0.357. The summed E-state index contributed by atoms with van der Waals surface area (Å²) in [7, 11) is 1.55. The van der Waals surface area contributed by atoms with E-state index in [4.69, 9.17) is 14.6 Å². The zero-order valence-electron chi connectivity index (χ0n) is 10.7. The number of hydrogen-bond donors (Lipinski definition) is 1. The molecule has 2 rings (SSSR count). The quantitative estimate of drug-likeness (QED) is 0.893. The van der Waals surface area contributed by atoms with Crippen LogP contribution in [0, 0.1) is 0 Å². The number of ether oxygens (including phenoxy) is 2. The van der Waals surface area contributed by atoms with E-state index < -0.39 is 5.97 Å². The number of fused-ring (bicyclic) bond motifs is 1. The Balaban J connectivity index is 2.47. The van der Waals surface area contributed by atoms with Gasteiger partial charge in [-0.05, 0) is 37.6 Å². The van der Waals surface area contributed by atoms with Gasteiger partial charge in [0.05, 0.1) is 13.5 Å². The molecule has 1 N–H and O–H groups in total. The normalized spacial score (nSPS) is 15.7. The predicted octanol–water partition coefficient (Wildman–Crippen LogP) is 2.51. The van der Waals surface area contributed by atoms with E-state index in [1.54, 1.807) is 13.2 Å². The van der Waals surface area contributed by atoms with Gasteiger partial charge in [-0.25, -0.2) is 0 Å². The molecule has 4 nitrogen and oxygen atoms in total. The van der Waals surface area contributed by atoms with Crippen molar-refractivity contribution in [1.82, 2.24) is 0 Å². The average molecular weight is 248 g/mol. The number of hydrogen-bond acceptors (Lipinski definition) is 3. The van der Waals surface area contributed by atoms with Crippen molar-refractivity contribution in [2.45, 2.75) is 25.9 Å². The Morgan fingerprint density at radius 2 is 2.17 bits per heavy atom. The second-order valence-electron chi connectivity index (χ2n) is 4.83. The second-order valence-corrected chi connectivity index (χ2v) is 4.83. The molecule has 1 aliphatic rings. The zero-order valence-corrected chi connectivity index (χ0v) is 10.7. The topological polar surface area (TPSA) is 55.8 Å². The highest BCUT2D eigenvalue weighted by Gasteiger charge is 2.25. The summed E-state index contributed by atoms with van der Waals surface area (Å²) >= 11 is 0. The van der Waals surface area contributed by atoms with E-state index in [0.717, 1.165) is 5.56 Å².